The van der Waals surface area contributed by atoms with Gasteiger partial charge in [0.05, 0.1) is 23.9 Å². The lowest BCUT2D eigenvalue weighted by Gasteiger charge is -2.16. The van der Waals surface area contributed by atoms with Crippen molar-refractivity contribution < 1.29 is 14.4 Å². The number of rotatable bonds is 7. The van der Waals surface area contributed by atoms with Crippen LogP contribution in [0.25, 0.3) is 11.3 Å². The highest BCUT2D eigenvalue weighted by molar-refractivity contribution is 5.83. The third kappa shape index (κ3) is 5.45. The summed E-state index contributed by atoms with van der Waals surface area (Å²) in [6.45, 7) is 11.1. The van der Waals surface area contributed by atoms with E-state index >= 15 is 0 Å². The van der Waals surface area contributed by atoms with E-state index in [0.29, 0.717) is 6.61 Å². The third-order valence-electron chi connectivity index (χ3n) is 4.97. The first-order valence-corrected chi connectivity index (χ1v) is 9.94. The van der Waals surface area contributed by atoms with E-state index in [4.69, 9.17) is 9.57 Å². The van der Waals surface area contributed by atoms with Crippen molar-refractivity contribution in [3.05, 3.63) is 66.0 Å². The molecule has 2 aromatic rings. The number of carbonyl (C=O) groups excluding carboxylic acids is 1. The molecule has 0 bridgehead atoms. The number of nitrogens with one attached hydrogen (secondary N) is 1. The molecule has 0 spiro atoms. The van der Waals surface area contributed by atoms with Crippen LogP contribution in [0.1, 0.15) is 40.3 Å². The quantitative estimate of drug-likeness (QED) is 0.411. The van der Waals surface area contributed by atoms with Crippen molar-refractivity contribution in [1.29, 1.82) is 0 Å². The largest absolute Gasteiger partial charge is 0.459 e. The van der Waals surface area contributed by atoms with Crippen LogP contribution in [0.2, 0.25) is 0 Å². The first-order chi connectivity index (χ1) is 13.7. The minimum Gasteiger partial charge on any atom is -0.459 e. The molecular weight excluding hydrogens is 364 g/mol. The van der Waals surface area contributed by atoms with Crippen LogP contribution in [0.4, 0.5) is 0 Å². The molecule has 3 rings (SSSR count). The smallest absolute Gasteiger partial charge is 0.314 e. The Morgan fingerprint density at radius 3 is 2.55 bits per heavy atom. The topological polar surface area (TPSA) is 60.5 Å². The third-order valence-corrected chi connectivity index (χ3v) is 4.97. The van der Waals surface area contributed by atoms with E-state index in [0.717, 1.165) is 22.5 Å². The van der Waals surface area contributed by atoms with E-state index in [1.54, 1.807) is 6.20 Å². The van der Waals surface area contributed by atoms with Gasteiger partial charge < -0.3 is 4.74 Å². The first kappa shape index (κ1) is 21.1. The van der Waals surface area contributed by atoms with Gasteiger partial charge in [0, 0.05) is 17.2 Å². The summed E-state index contributed by atoms with van der Waals surface area (Å²) < 4.78 is 5.56. The Labute approximate surface area is 173 Å². The lowest BCUT2D eigenvalue weighted by Crippen LogP contribution is -2.19. The summed E-state index contributed by atoms with van der Waals surface area (Å²) in [7, 11) is 0. The van der Waals surface area contributed by atoms with Gasteiger partial charge >= 0.3 is 5.97 Å². The van der Waals surface area contributed by atoms with E-state index in [1.807, 2.05) is 62.4 Å². The molecule has 1 aliphatic rings. The van der Waals surface area contributed by atoms with Gasteiger partial charge in [-0.15, -0.1) is 0 Å². The Kier molecular flexibility index (Phi) is 6.08. The van der Waals surface area contributed by atoms with Crippen LogP contribution < -0.4 is 5.48 Å². The van der Waals surface area contributed by atoms with Gasteiger partial charge in [0.15, 0.2) is 0 Å². The molecule has 1 fully saturated rings. The number of carbonyl (C=O) groups is 1. The second-order valence-corrected chi connectivity index (χ2v) is 9.21. The van der Waals surface area contributed by atoms with Gasteiger partial charge in [-0.05, 0) is 23.1 Å². The molecule has 1 heterocycles. The lowest BCUT2D eigenvalue weighted by atomic mass is 9.99. The van der Waals surface area contributed by atoms with Gasteiger partial charge in [0.25, 0.3) is 0 Å². The van der Waals surface area contributed by atoms with Gasteiger partial charge in [-0.2, -0.15) is 0 Å². The SMILES string of the molecule is CC(C)(C)CONC=C1C(C(=O)OCc2cccc(-c3ccccc3)n2)C1(C)C. The summed E-state index contributed by atoms with van der Waals surface area (Å²) in [5.41, 5.74) is 6.33. The fourth-order valence-corrected chi connectivity index (χ4v) is 3.19. The zero-order valence-electron chi connectivity index (χ0n) is 17.9. The van der Waals surface area contributed by atoms with Gasteiger partial charge in [-0.1, -0.05) is 71.0 Å². The molecule has 29 heavy (non-hydrogen) atoms. The Morgan fingerprint density at radius 1 is 1.14 bits per heavy atom. The standard InChI is InChI=1S/C24H30N2O3/c1-23(2,3)16-29-25-14-19-21(24(19,4)5)22(27)28-15-18-12-9-13-20(26-18)17-10-7-6-8-11-17/h6-14,21,25H,15-16H2,1-5H3. The second kappa shape index (κ2) is 8.37. The van der Waals surface area contributed by atoms with Crippen LogP contribution in [-0.4, -0.2) is 17.6 Å². The van der Waals surface area contributed by atoms with E-state index < -0.39 is 0 Å². The summed E-state index contributed by atoms with van der Waals surface area (Å²) >= 11 is 0. The normalized spacial score (nSPS) is 19.1. The number of hydrogen-bond acceptors (Lipinski definition) is 5. The number of pyridine rings is 1. The van der Waals surface area contributed by atoms with E-state index in [1.165, 1.54) is 0 Å². The molecule has 5 heteroatoms. The maximum Gasteiger partial charge on any atom is 0.314 e. The molecular formula is C24H30N2O3. The molecule has 154 valence electrons. The molecule has 1 N–H and O–H groups in total. The number of hydrogen-bond donors (Lipinski definition) is 1. The van der Waals surface area contributed by atoms with Crippen molar-refractivity contribution in [3.8, 4) is 11.3 Å². The monoisotopic (exact) mass is 394 g/mol. The summed E-state index contributed by atoms with van der Waals surface area (Å²) in [5, 5.41) is 0. The van der Waals surface area contributed by atoms with Crippen molar-refractivity contribution in [1.82, 2.24) is 10.5 Å². The van der Waals surface area contributed by atoms with E-state index in [9.17, 15) is 4.79 Å². The molecule has 0 aliphatic heterocycles. The number of benzene rings is 1. The highest BCUT2D eigenvalue weighted by atomic mass is 16.6. The Morgan fingerprint density at radius 2 is 1.86 bits per heavy atom. The molecule has 1 aromatic heterocycles. The fourth-order valence-electron chi connectivity index (χ4n) is 3.19. The Bertz CT molecular complexity index is 882. The molecule has 1 saturated carbocycles. The highest BCUT2D eigenvalue weighted by Gasteiger charge is 2.58. The molecule has 1 atom stereocenters. The Balaban J connectivity index is 1.56. The summed E-state index contributed by atoms with van der Waals surface area (Å²) in [4.78, 5) is 22.7. The average molecular weight is 395 g/mol. The molecule has 0 radical (unpaired) electrons. The number of ether oxygens (including phenoxy) is 1. The van der Waals surface area contributed by atoms with Gasteiger partial charge in [0.1, 0.15) is 6.61 Å². The second-order valence-electron chi connectivity index (χ2n) is 9.21. The number of esters is 1. The van der Waals surface area contributed by atoms with Gasteiger partial charge in [-0.25, -0.2) is 4.98 Å². The van der Waals surface area contributed by atoms with Crippen LogP contribution in [-0.2, 0) is 21.0 Å². The van der Waals surface area contributed by atoms with Crippen molar-refractivity contribution in [2.24, 2.45) is 16.7 Å². The summed E-state index contributed by atoms with van der Waals surface area (Å²) in [6, 6.07) is 15.7. The predicted molar refractivity (Wildman–Crippen MR) is 113 cm³/mol. The highest BCUT2D eigenvalue weighted by Crippen LogP contribution is 2.58. The fraction of sp³-hybridized carbons (Fsp3) is 0.417. The number of aromatic nitrogens is 1. The first-order valence-electron chi connectivity index (χ1n) is 9.94. The number of nitrogens with zero attached hydrogens (tertiary/aromatic N) is 1. The maximum absolute atomic E-state index is 12.6. The Hall–Kier alpha value is -2.66. The minimum atomic E-state index is -0.259. The van der Waals surface area contributed by atoms with Gasteiger partial charge in [0.2, 0.25) is 0 Å². The van der Waals surface area contributed by atoms with Crippen LogP contribution in [0.3, 0.4) is 0 Å². The predicted octanol–water partition coefficient (Wildman–Crippen LogP) is 4.90. The van der Waals surface area contributed by atoms with Crippen LogP contribution in [0.15, 0.2) is 60.3 Å². The summed E-state index contributed by atoms with van der Waals surface area (Å²) in [6.07, 6.45) is 1.78. The lowest BCUT2D eigenvalue weighted by molar-refractivity contribution is -0.147. The van der Waals surface area contributed by atoms with Gasteiger partial charge in [-0.3, -0.25) is 15.1 Å². The molecule has 1 aromatic carbocycles. The molecule has 1 aliphatic carbocycles. The van der Waals surface area contributed by atoms with Crippen LogP contribution >= 0.6 is 0 Å². The van der Waals surface area contributed by atoms with Crippen molar-refractivity contribution in [2.45, 2.75) is 41.2 Å². The van der Waals surface area contributed by atoms with Crippen LogP contribution in [0, 0.1) is 16.7 Å². The van der Waals surface area contributed by atoms with Crippen molar-refractivity contribution in [2.75, 3.05) is 6.61 Å². The average Bonchev–Trinajstić information content (AvgIpc) is 3.24. The molecule has 1 unspecified atom stereocenters. The minimum absolute atomic E-state index is 0.0736. The summed E-state index contributed by atoms with van der Waals surface area (Å²) in [5.74, 6) is -0.490. The maximum atomic E-state index is 12.6. The number of hydroxylamine groups is 1. The zero-order valence-corrected chi connectivity index (χ0v) is 17.9. The molecule has 0 saturated heterocycles. The van der Waals surface area contributed by atoms with E-state index in [-0.39, 0.29) is 29.3 Å². The van der Waals surface area contributed by atoms with Crippen molar-refractivity contribution >= 4 is 5.97 Å². The van der Waals surface area contributed by atoms with Crippen LogP contribution in [0.5, 0.6) is 0 Å². The van der Waals surface area contributed by atoms with Crippen molar-refractivity contribution in [3.63, 3.8) is 0 Å². The van der Waals surface area contributed by atoms with E-state index in [2.05, 4.69) is 31.2 Å². The molecule has 5 nitrogen and oxygen atoms in total. The zero-order chi connectivity index (χ0) is 21.1. The molecule has 0 amide bonds.